The number of ketones is 1. The Balaban J connectivity index is 1.68. The van der Waals surface area contributed by atoms with Crippen LogP contribution in [-0.2, 0) is 12.8 Å². The summed E-state index contributed by atoms with van der Waals surface area (Å²) in [6, 6.07) is 8.21. The van der Waals surface area contributed by atoms with Crippen LogP contribution in [0.2, 0.25) is 0 Å². The Morgan fingerprint density at radius 1 is 0.872 bits per heavy atom. The largest absolute Gasteiger partial charge is 0.496 e. The van der Waals surface area contributed by atoms with Gasteiger partial charge in [0, 0.05) is 25.1 Å². The molecule has 2 aromatic carbocycles. The smallest absolute Gasteiger partial charge is 0.163 e. The van der Waals surface area contributed by atoms with E-state index < -0.39 is 0 Å². The lowest BCUT2D eigenvalue weighted by molar-refractivity contribution is 0.0951. The highest BCUT2D eigenvalue weighted by atomic mass is 16.5. The highest BCUT2D eigenvalue weighted by molar-refractivity contribution is 5.97. The lowest BCUT2D eigenvalue weighted by Gasteiger charge is -2.25. The van der Waals surface area contributed by atoms with E-state index >= 15 is 0 Å². The maximum Gasteiger partial charge on any atom is 0.163 e. The Morgan fingerprint density at radius 2 is 1.55 bits per heavy atom. The molecule has 0 amide bonds. The molecule has 1 fully saturated rings. The van der Waals surface area contributed by atoms with Crippen molar-refractivity contribution in [3.63, 3.8) is 0 Å². The van der Waals surface area contributed by atoms with Gasteiger partial charge >= 0.3 is 0 Å². The summed E-state index contributed by atoms with van der Waals surface area (Å²) in [5.74, 6) is 2.94. The number of Topliss-reactive ketones (excluding diaryl/α,β-unsaturated/α-hetero) is 1. The third kappa shape index (κ3) is 12.0. The topological polar surface area (TPSA) is 54.5 Å². The minimum Gasteiger partial charge on any atom is -0.496 e. The van der Waals surface area contributed by atoms with Gasteiger partial charge in [0.05, 0.1) is 21.3 Å². The van der Waals surface area contributed by atoms with Crippen LogP contribution in [0.15, 0.2) is 30.8 Å². The quantitative estimate of drug-likeness (QED) is 0.108. The number of benzene rings is 2. The molecule has 0 bridgehead atoms. The van der Waals surface area contributed by atoms with E-state index in [-0.39, 0.29) is 5.78 Å². The number of nitrogens with zero attached hydrogens (tertiary/aromatic N) is 3. The maximum atomic E-state index is 13.8. The standard InChI is InChI=1S/C40H63N3O4/c1-10-36-31(4)25-35(29-38(36)45-7)37(44)26-32(17-22-43-21-14-20-42(23-24-43)19-13-18-41(5)6)15-11-12-16-33-27-34(30(2)3)28-39(46-8)40(33)47-9/h25,27-29,32H,2,10-24,26H2,1,3-9H3. The highest BCUT2D eigenvalue weighted by Gasteiger charge is 2.21. The van der Waals surface area contributed by atoms with Crippen molar-refractivity contribution in [2.45, 2.75) is 78.6 Å². The van der Waals surface area contributed by atoms with E-state index in [1.54, 1.807) is 21.3 Å². The fourth-order valence-electron chi connectivity index (χ4n) is 6.98. The number of methoxy groups -OCH3 is 3. The summed E-state index contributed by atoms with van der Waals surface area (Å²) in [6.07, 6.45) is 8.93. The van der Waals surface area contributed by atoms with Gasteiger partial charge in [0.1, 0.15) is 5.75 Å². The number of carbonyl (C=O) groups excluding carboxylic acids is 1. The zero-order valence-electron chi connectivity index (χ0n) is 30.9. The summed E-state index contributed by atoms with van der Waals surface area (Å²) in [4.78, 5) is 21.3. The van der Waals surface area contributed by atoms with Crippen LogP contribution in [0, 0.1) is 12.8 Å². The molecule has 0 radical (unpaired) electrons. The minimum absolute atomic E-state index is 0.225. The Kier molecular flexibility index (Phi) is 16.3. The van der Waals surface area contributed by atoms with Gasteiger partial charge < -0.3 is 28.9 Å². The Bertz CT molecular complexity index is 1290. The van der Waals surface area contributed by atoms with Crippen molar-refractivity contribution >= 4 is 11.4 Å². The molecule has 1 aliphatic heterocycles. The summed E-state index contributed by atoms with van der Waals surface area (Å²) < 4.78 is 17.1. The molecule has 3 rings (SSSR count). The van der Waals surface area contributed by atoms with Gasteiger partial charge in [-0.2, -0.15) is 0 Å². The van der Waals surface area contributed by atoms with Gasteiger partial charge in [-0.3, -0.25) is 4.79 Å². The maximum absolute atomic E-state index is 13.8. The minimum atomic E-state index is 0.225. The van der Waals surface area contributed by atoms with Crippen molar-refractivity contribution < 1.29 is 19.0 Å². The zero-order valence-corrected chi connectivity index (χ0v) is 30.9. The molecule has 0 aromatic heterocycles. The average molecular weight is 650 g/mol. The Labute approximate surface area is 286 Å². The number of ether oxygens (including phenoxy) is 3. The third-order valence-corrected chi connectivity index (χ3v) is 9.77. The summed E-state index contributed by atoms with van der Waals surface area (Å²) in [7, 11) is 9.40. The van der Waals surface area contributed by atoms with Crippen molar-refractivity contribution in [2.75, 3.05) is 81.2 Å². The van der Waals surface area contributed by atoms with Gasteiger partial charge in [-0.25, -0.2) is 0 Å². The van der Waals surface area contributed by atoms with E-state index in [0.717, 1.165) is 116 Å². The molecule has 1 unspecified atom stereocenters. The lowest BCUT2D eigenvalue weighted by Crippen LogP contribution is -2.33. The van der Waals surface area contributed by atoms with Crippen LogP contribution >= 0.6 is 0 Å². The Hall–Kier alpha value is -2.87. The Morgan fingerprint density at radius 3 is 2.17 bits per heavy atom. The van der Waals surface area contributed by atoms with Crippen molar-refractivity contribution in [2.24, 2.45) is 5.92 Å². The van der Waals surface area contributed by atoms with E-state index in [1.165, 1.54) is 31.5 Å². The van der Waals surface area contributed by atoms with Gasteiger partial charge in [-0.05, 0) is 158 Å². The van der Waals surface area contributed by atoms with Crippen LogP contribution in [0.3, 0.4) is 0 Å². The van der Waals surface area contributed by atoms with Gasteiger partial charge in [-0.1, -0.05) is 25.5 Å². The first-order valence-electron chi connectivity index (χ1n) is 17.8. The van der Waals surface area contributed by atoms with Crippen LogP contribution in [0.25, 0.3) is 5.57 Å². The summed E-state index contributed by atoms with van der Waals surface area (Å²) in [5.41, 5.74) is 6.33. The summed E-state index contributed by atoms with van der Waals surface area (Å²) in [6.45, 7) is 18.3. The molecule has 0 spiro atoms. The molecule has 1 aliphatic rings. The fraction of sp³-hybridized carbons (Fsp3) is 0.625. The monoisotopic (exact) mass is 649 g/mol. The van der Waals surface area contributed by atoms with E-state index in [1.807, 2.05) is 19.1 Å². The second kappa shape index (κ2) is 19.8. The molecule has 2 aromatic rings. The highest BCUT2D eigenvalue weighted by Crippen LogP contribution is 2.36. The SMILES string of the molecule is C=C(C)c1cc(CCCCC(CCN2CCCN(CCCN(C)C)CC2)CC(=O)c2cc(C)c(CC)c(OC)c2)c(OC)c(OC)c1. The molecular weight excluding hydrogens is 586 g/mol. The zero-order chi connectivity index (χ0) is 34.3. The van der Waals surface area contributed by atoms with E-state index in [0.29, 0.717) is 12.3 Å². The number of hydrogen-bond acceptors (Lipinski definition) is 7. The molecule has 1 saturated heterocycles. The first kappa shape index (κ1) is 38.6. The molecule has 1 atom stereocenters. The van der Waals surface area contributed by atoms with Crippen LogP contribution in [0.5, 0.6) is 17.2 Å². The molecular formula is C40H63N3O4. The van der Waals surface area contributed by atoms with Crippen molar-refractivity contribution in [1.82, 2.24) is 14.7 Å². The first-order chi connectivity index (χ1) is 22.6. The van der Waals surface area contributed by atoms with Gasteiger partial charge in [-0.15, -0.1) is 0 Å². The van der Waals surface area contributed by atoms with E-state index in [9.17, 15) is 4.79 Å². The molecule has 7 heteroatoms. The van der Waals surface area contributed by atoms with E-state index in [2.05, 4.69) is 61.4 Å². The number of carbonyl (C=O) groups is 1. The van der Waals surface area contributed by atoms with E-state index in [4.69, 9.17) is 14.2 Å². The summed E-state index contributed by atoms with van der Waals surface area (Å²) in [5, 5.41) is 0. The van der Waals surface area contributed by atoms with Crippen molar-refractivity contribution in [1.29, 1.82) is 0 Å². The average Bonchev–Trinajstić information content (AvgIpc) is 3.29. The van der Waals surface area contributed by atoms with Gasteiger partial charge in [0.2, 0.25) is 0 Å². The predicted molar refractivity (Wildman–Crippen MR) is 197 cm³/mol. The van der Waals surface area contributed by atoms with Gasteiger partial charge in [0.25, 0.3) is 0 Å². The van der Waals surface area contributed by atoms with Gasteiger partial charge in [0.15, 0.2) is 17.3 Å². The number of allylic oxidation sites excluding steroid dienone is 1. The molecule has 47 heavy (non-hydrogen) atoms. The number of hydrogen-bond donors (Lipinski definition) is 0. The number of aryl methyl sites for hydroxylation is 2. The number of rotatable bonds is 20. The second-order valence-electron chi connectivity index (χ2n) is 13.7. The van der Waals surface area contributed by atoms with Crippen molar-refractivity contribution in [3.05, 3.63) is 58.7 Å². The lowest BCUT2D eigenvalue weighted by atomic mass is 9.88. The molecule has 0 saturated carbocycles. The molecule has 7 nitrogen and oxygen atoms in total. The third-order valence-electron chi connectivity index (χ3n) is 9.77. The molecule has 1 heterocycles. The molecule has 0 aliphatic carbocycles. The normalized spacial score (nSPS) is 15.0. The van der Waals surface area contributed by atoms with Crippen LogP contribution in [-0.4, -0.2) is 102 Å². The first-order valence-corrected chi connectivity index (χ1v) is 17.8. The predicted octanol–water partition coefficient (Wildman–Crippen LogP) is 7.57. The second-order valence-corrected chi connectivity index (χ2v) is 13.7. The van der Waals surface area contributed by atoms with Crippen LogP contribution in [0.1, 0.15) is 91.4 Å². The molecule has 262 valence electrons. The van der Waals surface area contributed by atoms with Crippen LogP contribution < -0.4 is 14.2 Å². The number of unbranched alkanes of at least 4 members (excludes halogenated alkanes) is 1. The molecule has 0 N–H and O–H groups in total. The van der Waals surface area contributed by atoms with Crippen LogP contribution in [0.4, 0.5) is 0 Å². The van der Waals surface area contributed by atoms with Crippen molar-refractivity contribution in [3.8, 4) is 17.2 Å². The summed E-state index contributed by atoms with van der Waals surface area (Å²) >= 11 is 0. The fourth-order valence-corrected chi connectivity index (χ4v) is 6.98.